The van der Waals surface area contributed by atoms with Gasteiger partial charge in [0.1, 0.15) is 12.4 Å². The molecule has 0 saturated carbocycles. The van der Waals surface area contributed by atoms with E-state index in [1.807, 2.05) is 0 Å². The quantitative estimate of drug-likeness (QED) is 0.649. The highest BCUT2D eigenvalue weighted by atomic mass is 16.4. The molecule has 0 saturated heterocycles. The first kappa shape index (κ1) is 5.56. The number of hydrogen-bond donors (Lipinski definition) is 1. The predicted octanol–water partition coefficient (Wildman–Crippen LogP) is 1.52. The highest BCUT2D eigenvalue weighted by molar-refractivity contribution is 5.70. The second-order valence-corrected chi connectivity index (χ2v) is 2.02. The Morgan fingerprint density at radius 1 is 1.40 bits per heavy atom. The van der Waals surface area contributed by atoms with Crippen molar-refractivity contribution in [3.63, 3.8) is 0 Å². The van der Waals surface area contributed by atoms with Crippen LogP contribution < -0.4 is 0 Å². The summed E-state index contributed by atoms with van der Waals surface area (Å²) in [5, 5.41) is 8.62. The van der Waals surface area contributed by atoms with Crippen molar-refractivity contribution >= 4 is 11.2 Å². The standard InChI is InChI=1S/C7H6O3/c8-4-5-3-7-6(10-5)1-2-9-7/h1-3,8H,4H2. The minimum Gasteiger partial charge on any atom is -0.461 e. The summed E-state index contributed by atoms with van der Waals surface area (Å²) in [5.74, 6) is 0.536. The molecule has 0 unspecified atom stereocenters. The number of aliphatic hydroxyl groups excluding tert-OH is 1. The molecule has 10 heavy (non-hydrogen) atoms. The Morgan fingerprint density at radius 3 is 3.00 bits per heavy atom. The molecule has 3 heteroatoms. The summed E-state index contributed by atoms with van der Waals surface area (Å²) >= 11 is 0. The van der Waals surface area contributed by atoms with Gasteiger partial charge in [0.25, 0.3) is 0 Å². The molecule has 2 heterocycles. The first-order chi connectivity index (χ1) is 4.90. The number of fused-ring (bicyclic) bond motifs is 1. The molecule has 0 aliphatic rings. The van der Waals surface area contributed by atoms with Crippen LogP contribution in [-0.2, 0) is 6.61 Å². The van der Waals surface area contributed by atoms with Crippen molar-refractivity contribution in [2.24, 2.45) is 0 Å². The second kappa shape index (κ2) is 1.88. The van der Waals surface area contributed by atoms with Crippen LogP contribution in [0.4, 0.5) is 0 Å². The number of aliphatic hydroxyl groups is 1. The average Bonchev–Trinajstić information content (AvgIpc) is 2.42. The van der Waals surface area contributed by atoms with Crippen LogP contribution in [0.25, 0.3) is 11.2 Å². The lowest BCUT2D eigenvalue weighted by Gasteiger charge is -1.80. The van der Waals surface area contributed by atoms with Crippen molar-refractivity contribution in [3.05, 3.63) is 24.2 Å². The molecule has 52 valence electrons. The van der Waals surface area contributed by atoms with Gasteiger partial charge in [0.15, 0.2) is 11.2 Å². The fourth-order valence-corrected chi connectivity index (χ4v) is 0.894. The molecule has 0 spiro atoms. The maximum Gasteiger partial charge on any atom is 0.172 e. The molecular weight excluding hydrogens is 132 g/mol. The molecule has 0 amide bonds. The monoisotopic (exact) mass is 138 g/mol. The molecule has 0 atom stereocenters. The van der Waals surface area contributed by atoms with E-state index >= 15 is 0 Å². The van der Waals surface area contributed by atoms with Crippen LogP contribution in [-0.4, -0.2) is 5.11 Å². The number of hydrogen-bond acceptors (Lipinski definition) is 3. The van der Waals surface area contributed by atoms with Crippen molar-refractivity contribution in [2.45, 2.75) is 6.61 Å². The van der Waals surface area contributed by atoms with Gasteiger partial charge in [-0.15, -0.1) is 0 Å². The van der Waals surface area contributed by atoms with Crippen LogP contribution in [0.5, 0.6) is 0 Å². The molecule has 0 aliphatic heterocycles. The van der Waals surface area contributed by atoms with Crippen molar-refractivity contribution < 1.29 is 13.9 Å². The minimum atomic E-state index is -0.0792. The zero-order valence-corrected chi connectivity index (χ0v) is 5.20. The normalized spacial score (nSPS) is 10.9. The van der Waals surface area contributed by atoms with Gasteiger partial charge in [-0.1, -0.05) is 0 Å². The maximum atomic E-state index is 8.62. The lowest BCUT2D eigenvalue weighted by Crippen LogP contribution is -1.72. The molecule has 0 aliphatic carbocycles. The van der Waals surface area contributed by atoms with Gasteiger partial charge in [0, 0.05) is 12.1 Å². The Hall–Kier alpha value is -1.22. The maximum absolute atomic E-state index is 8.62. The van der Waals surface area contributed by atoms with E-state index in [1.54, 1.807) is 18.4 Å². The topological polar surface area (TPSA) is 46.5 Å². The van der Waals surface area contributed by atoms with Gasteiger partial charge >= 0.3 is 0 Å². The Labute approximate surface area is 56.9 Å². The Bertz CT molecular complexity index is 303. The Kier molecular flexibility index (Phi) is 1.05. The third-order valence-electron chi connectivity index (χ3n) is 1.35. The average molecular weight is 138 g/mol. The summed E-state index contributed by atoms with van der Waals surface area (Å²) in [6, 6.07) is 3.39. The van der Waals surface area contributed by atoms with E-state index < -0.39 is 0 Å². The SMILES string of the molecule is OCc1cc2occc2o1. The van der Waals surface area contributed by atoms with Gasteiger partial charge in [0.05, 0.1) is 6.26 Å². The van der Waals surface area contributed by atoms with Gasteiger partial charge in [-0.2, -0.15) is 0 Å². The largest absolute Gasteiger partial charge is 0.461 e. The summed E-state index contributed by atoms with van der Waals surface area (Å²) in [4.78, 5) is 0. The first-order valence-corrected chi connectivity index (χ1v) is 2.97. The highest BCUT2D eigenvalue weighted by Gasteiger charge is 2.03. The van der Waals surface area contributed by atoms with E-state index in [9.17, 15) is 0 Å². The van der Waals surface area contributed by atoms with Crippen LogP contribution in [0.1, 0.15) is 5.76 Å². The highest BCUT2D eigenvalue weighted by Crippen LogP contribution is 2.19. The van der Waals surface area contributed by atoms with E-state index in [-0.39, 0.29) is 6.61 Å². The zero-order chi connectivity index (χ0) is 6.97. The fraction of sp³-hybridized carbons (Fsp3) is 0.143. The van der Waals surface area contributed by atoms with E-state index in [0.29, 0.717) is 16.9 Å². The third kappa shape index (κ3) is 0.642. The smallest absolute Gasteiger partial charge is 0.172 e. The van der Waals surface area contributed by atoms with Gasteiger partial charge in [-0.3, -0.25) is 0 Å². The van der Waals surface area contributed by atoms with Crippen LogP contribution in [0.15, 0.2) is 27.2 Å². The lowest BCUT2D eigenvalue weighted by molar-refractivity contribution is 0.251. The molecule has 2 aromatic heterocycles. The molecule has 2 aromatic rings. The molecular formula is C7H6O3. The predicted molar refractivity (Wildman–Crippen MR) is 34.4 cm³/mol. The van der Waals surface area contributed by atoms with Crippen molar-refractivity contribution in [1.29, 1.82) is 0 Å². The fourth-order valence-electron chi connectivity index (χ4n) is 0.894. The van der Waals surface area contributed by atoms with Crippen molar-refractivity contribution in [2.75, 3.05) is 0 Å². The second-order valence-electron chi connectivity index (χ2n) is 2.02. The molecule has 1 N–H and O–H groups in total. The van der Waals surface area contributed by atoms with Gasteiger partial charge < -0.3 is 13.9 Å². The molecule has 0 fully saturated rings. The van der Waals surface area contributed by atoms with Crippen molar-refractivity contribution in [1.82, 2.24) is 0 Å². The third-order valence-corrected chi connectivity index (χ3v) is 1.35. The molecule has 0 aromatic carbocycles. The summed E-state index contributed by atoms with van der Waals surface area (Å²) < 4.78 is 10.1. The van der Waals surface area contributed by atoms with Crippen LogP contribution in [0, 0.1) is 0 Å². The summed E-state index contributed by atoms with van der Waals surface area (Å²) in [6.07, 6.45) is 1.55. The molecule has 2 rings (SSSR count). The zero-order valence-electron chi connectivity index (χ0n) is 5.20. The molecule has 0 bridgehead atoms. The first-order valence-electron chi connectivity index (χ1n) is 2.97. The molecule has 0 radical (unpaired) electrons. The van der Waals surface area contributed by atoms with Gasteiger partial charge in [-0.05, 0) is 0 Å². The van der Waals surface area contributed by atoms with Crippen LogP contribution in [0.3, 0.4) is 0 Å². The summed E-state index contributed by atoms with van der Waals surface area (Å²) in [7, 11) is 0. The summed E-state index contributed by atoms with van der Waals surface area (Å²) in [5.41, 5.74) is 1.37. The van der Waals surface area contributed by atoms with Gasteiger partial charge in [-0.25, -0.2) is 0 Å². The number of rotatable bonds is 1. The van der Waals surface area contributed by atoms with E-state index in [4.69, 9.17) is 13.9 Å². The van der Waals surface area contributed by atoms with Crippen LogP contribution in [0.2, 0.25) is 0 Å². The molecule has 3 nitrogen and oxygen atoms in total. The minimum absolute atomic E-state index is 0.0792. The van der Waals surface area contributed by atoms with E-state index in [1.165, 1.54) is 0 Å². The van der Waals surface area contributed by atoms with Gasteiger partial charge in [0.2, 0.25) is 0 Å². The Balaban J connectivity index is 2.67. The number of furan rings is 2. The van der Waals surface area contributed by atoms with E-state index in [2.05, 4.69) is 0 Å². The van der Waals surface area contributed by atoms with Crippen LogP contribution >= 0.6 is 0 Å². The lowest BCUT2D eigenvalue weighted by atomic mass is 10.4. The Morgan fingerprint density at radius 2 is 2.30 bits per heavy atom. The summed E-state index contributed by atoms with van der Waals surface area (Å²) in [6.45, 7) is -0.0792. The van der Waals surface area contributed by atoms with E-state index in [0.717, 1.165) is 0 Å². The van der Waals surface area contributed by atoms with Crippen molar-refractivity contribution in [3.8, 4) is 0 Å².